The number of esters is 1. The first-order valence-corrected chi connectivity index (χ1v) is 9.30. The van der Waals surface area contributed by atoms with Gasteiger partial charge in [-0.25, -0.2) is 9.59 Å². The molecule has 2 aromatic carbocycles. The first kappa shape index (κ1) is 18.3. The molecule has 144 valence electrons. The summed E-state index contributed by atoms with van der Waals surface area (Å²) < 4.78 is 11.0. The smallest absolute Gasteiger partial charge is 0.434 e. The van der Waals surface area contributed by atoms with E-state index < -0.39 is 6.09 Å². The van der Waals surface area contributed by atoms with E-state index >= 15 is 0 Å². The highest BCUT2D eigenvalue weighted by Gasteiger charge is 2.38. The lowest BCUT2D eigenvalue weighted by atomic mass is 10.1. The third-order valence-corrected chi connectivity index (χ3v) is 4.77. The molecule has 5 rings (SSSR count). The van der Waals surface area contributed by atoms with Crippen LogP contribution in [-0.4, -0.2) is 35.4 Å². The second kappa shape index (κ2) is 8.27. The average molecular weight is 379 g/mol. The fourth-order valence-electron chi connectivity index (χ4n) is 3.36. The Balaban J connectivity index is 1.37. The van der Waals surface area contributed by atoms with Crippen molar-refractivity contribution in [3.05, 3.63) is 83.9 Å². The van der Waals surface area contributed by atoms with Crippen molar-refractivity contribution >= 4 is 12.1 Å². The molecule has 0 saturated carbocycles. The molecule has 0 N–H and O–H groups in total. The predicted octanol–water partition coefficient (Wildman–Crippen LogP) is 3.88. The van der Waals surface area contributed by atoms with Crippen LogP contribution in [0.3, 0.4) is 0 Å². The van der Waals surface area contributed by atoms with E-state index in [4.69, 9.17) is 14.3 Å². The van der Waals surface area contributed by atoms with Crippen molar-refractivity contribution in [1.29, 1.82) is 0 Å². The maximum Gasteiger partial charge on any atom is 0.434 e. The first-order chi connectivity index (χ1) is 13.7. The Bertz CT molecular complexity index is 852. The molecule has 0 unspecified atom stereocenters. The van der Waals surface area contributed by atoms with Crippen LogP contribution < -0.4 is 0 Å². The molecule has 2 aliphatic heterocycles. The van der Waals surface area contributed by atoms with Gasteiger partial charge in [0.15, 0.2) is 0 Å². The van der Waals surface area contributed by atoms with Crippen molar-refractivity contribution < 1.29 is 23.9 Å². The van der Waals surface area contributed by atoms with E-state index in [2.05, 4.69) is 0 Å². The quantitative estimate of drug-likeness (QED) is 0.596. The topological polar surface area (TPSA) is 65.1 Å². The van der Waals surface area contributed by atoms with E-state index in [0.717, 1.165) is 5.56 Å². The van der Waals surface area contributed by atoms with Crippen LogP contribution in [0.5, 0.6) is 0 Å². The number of hydrogen-bond acceptors (Lipinski definition) is 5. The zero-order valence-electron chi connectivity index (χ0n) is 15.3. The van der Waals surface area contributed by atoms with E-state index in [1.807, 2.05) is 48.6 Å². The summed E-state index contributed by atoms with van der Waals surface area (Å²) in [6, 6.07) is 18.0. The molecule has 6 nitrogen and oxygen atoms in total. The van der Waals surface area contributed by atoms with Gasteiger partial charge in [-0.1, -0.05) is 60.7 Å². The Labute approximate surface area is 163 Å². The summed E-state index contributed by atoms with van der Waals surface area (Å²) in [6.07, 6.45) is 3.55. The molecule has 2 aromatic rings. The number of amides is 1. The van der Waals surface area contributed by atoms with Gasteiger partial charge in [0.1, 0.15) is 18.8 Å². The summed E-state index contributed by atoms with van der Waals surface area (Å²) in [6.45, 7) is 0.174. The Morgan fingerprint density at radius 2 is 1.68 bits per heavy atom. The molecule has 3 aliphatic rings. The summed E-state index contributed by atoms with van der Waals surface area (Å²) in [5, 5.41) is 1.25. The second-order valence-electron chi connectivity index (χ2n) is 6.83. The van der Waals surface area contributed by atoms with Gasteiger partial charge in [-0.2, -0.15) is 5.06 Å². The SMILES string of the molecule is O=C(O[C@H]1C[C@H]2C=C[C@@H](C1)ON2C(=O)OCc1ccccc1)c1ccccc1. The van der Waals surface area contributed by atoms with Gasteiger partial charge < -0.3 is 9.47 Å². The van der Waals surface area contributed by atoms with Crippen LogP contribution in [0.25, 0.3) is 0 Å². The van der Waals surface area contributed by atoms with Crippen molar-refractivity contribution in [1.82, 2.24) is 5.06 Å². The Morgan fingerprint density at radius 3 is 2.43 bits per heavy atom. The molecule has 1 fully saturated rings. The number of carbonyl (C=O) groups is 2. The maximum absolute atomic E-state index is 12.5. The van der Waals surface area contributed by atoms with Gasteiger partial charge in [0.05, 0.1) is 11.6 Å². The lowest BCUT2D eigenvalue weighted by Crippen LogP contribution is -2.42. The van der Waals surface area contributed by atoms with Crippen molar-refractivity contribution in [2.75, 3.05) is 0 Å². The number of rotatable bonds is 4. The number of carbonyl (C=O) groups excluding carboxylic acids is 2. The first-order valence-electron chi connectivity index (χ1n) is 9.30. The molecule has 3 atom stereocenters. The third-order valence-electron chi connectivity index (χ3n) is 4.77. The molecule has 0 aromatic heterocycles. The van der Waals surface area contributed by atoms with Gasteiger partial charge >= 0.3 is 12.1 Å². The van der Waals surface area contributed by atoms with E-state index in [1.54, 1.807) is 24.3 Å². The van der Waals surface area contributed by atoms with Gasteiger partial charge in [-0.15, -0.1) is 0 Å². The maximum atomic E-state index is 12.5. The Morgan fingerprint density at radius 1 is 0.964 bits per heavy atom. The average Bonchev–Trinajstić information content (AvgIpc) is 3.04. The zero-order valence-corrected chi connectivity index (χ0v) is 15.3. The van der Waals surface area contributed by atoms with Gasteiger partial charge in [0, 0.05) is 12.8 Å². The number of hydroxylamine groups is 2. The van der Waals surface area contributed by atoms with E-state index in [0.29, 0.717) is 18.4 Å². The minimum Gasteiger partial charge on any atom is -0.459 e. The standard InChI is InChI=1S/C22H21NO5/c24-21(17-9-5-2-6-10-17)27-20-13-18-11-12-19(14-20)28-23(18)22(25)26-15-16-7-3-1-4-8-16/h1-12,18-20H,13-15H2/t18-,19+,20+/m1/s1. The van der Waals surface area contributed by atoms with Gasteiger partial charge in [0.2, 0.25) is 0 Å². The van der Waals surface area contributed by atoms with Gasteiger partial charge in [-0.05, 0) is 17.7 Å². The monoisotopic (exact) mass is 379 g/mol. The summed E-state index contributed by atoms with van der Waals surface area (Å²) in [5.41, 5.74) is 1.41. The number of fused-ring (bicyclic) bond motifs is 3. The molecule has 0 spiro atoms. The highest BCUT2D eigenvalue weighted by molar-refractivity contribution is 5.89. The fraction of sp³-hybridized carbons (Fsp3) is 0.273. The predicted molar refractivity (Wildman–Crippen MR) is 101 cm³/mol. The Kier molecular flexibility index (Phi) is 5.39. The van der Waals surface area contributed by atoms with Gasteiger partial charge in [0.25, 0.3) is 0 Å². The molecule has 1 aliphatic carbocycles. The van der Waals surface area contributed by atoms with Crippen LogP contribution in [-0.2, 0) is 20.9 Å². The summed E-state index contributed by atoms with van der Waals surface area (Å²) in [5.74, 6) is -0.370. The zero-order chi connectivity index (χ0) is 19.3. The minimum absolute atomic E-state index is 0.174. The number of benzene rings is 2. The molecule has 1 amide bonds. The van der Waals surface area contributed by atoms with E-state index in [1.165, 1.54) is 5.06 Å². The molecular formula is C22H21NO5. The minimum atomic E-state index is -0.543. The van der Waals surface area contributed by atoms with Crippen molar-refractivity contribution in [2.45, 2.75) is 37.7 Å². The fourth-order valence-corrected chi connectivity index (χ4v) is 3.36. The van der Waals surface area contributed by atoms with Crippen molar-refractivity contribution in [3.8, 4) is 0 Å². The van der Waals surface area contributed by atoms with Crippen LogP contribution in [0.2, 0.25) is 0 Å². The molecule has 6 heteroatoms. The van der Waals surface area contributed by atoms with Crippen LogP contribution in [0.4, 0.5) is 4.79 Å². The largest absolute Gasteiger partial charge is 0.459 e. The highest BCUT2D eigenvalue weighted by Crippen LogP contribution is 2.29. The summed E-state index contributed by atoms with van der Waals surface area (Å²) in [4.78, 5) is 30.6. The van der Waals surface area contributed by atoms with Crippen LogP contribution >= 0.6 is 0 Å². The third kappa shape index (κ3) is 4.23. The van der Waals surface area contributed by atoms with Gasteiger partial charge in [-0.3, -0.25) is 4.84 Å². The highest BCUT2D eigenvalue weighted by atomic mass is 16.7. The summed E-state index contributed by atoms with van der Waals surface area (Å²) >= 11 is 0. The number of ether oxygens (including phenoxy) is 2. The lowest BCUT2D eigenvalue weighted by Gasteiger charge is -2.30. The molecule has 0 radical (unpaired) electrons. The Hall–Kier alpha value is -3.12. The lowest BCUT2D eigenvalue weighted by molar-refractivity contribution is -0.176. The molecular weight excluding hydrogens is 358 g/mol. The van der Waals surface area contributed by atoms with E-state index in [9.17, 15) is 9.59 Å². The molecule has 2 heterocycles. The van der Waals surface area contributed by atoms with E-state index in [-0.39, 0.29) is 30.8 Å². The second-order valence-corrected chi connectivity index (χ2v) is 6.83. The van der Waals surface area contributed by atoms with Crippen molar-refractivity contribution in [3.63, 3.8) is 0 Å². The van der Waals surface area contributed by atoms with Crippen LogP contribution in [0.1, 0.15) is 28.8 Å². The molecule has 2 bridgehead atoms. The van der Waals surface area contributed by atoms with Crippen LogP contribution in [0, 0.1) is 0 Å². The molecule has 1 saturated heterocycles. The van der Waals surface area contributed by atoms with Crippen LogP contribution in [0.15, 0.2) is 72.8 Å². The number of nitrogens with zero attached hydrogens (tertiary/aromatic N) is 1. The summed E-state index contributed by atoms with van der Waals surface area (Å²) in [7, 11) is 0. The normalized spacial score (nSPS) is 23.1. The number of hydrogen-bond donors (Lipinski definition) is 0. The molecule has 28 heavy (non-hydrogen) atoms. The van der Waals surface area contributed by atoms with Crippen molar-refractivity contribution in [2.24, 2.45) is 0 Å².